The molecule has 24 heavy (non-hydrogen) atoms. The van der Waals surface area contributed by atoms with Crippen LogP contribution in [0.3, 0.4) is 0 Å². The fraction of sp³-hybridized carbons (Fsp3) is 0.286. The Hall–Kier alpha value is -2.93. The van der Waals surface area contributed by atoms with Gasteiger partial charge in [-0.25, -0.2) is 0 Å². The van der Waals surface area contributed by atoms with Crippen LogP contribution in [0, 0.1) is 11.3 Å². The molecule has 0 aliphatic carbocycles. The molecule has 0 saturated carbocycles. The van der Waals surface area contributed by atoms with Gasteiger partial charge in [0.2, 0.25) is 11.9 Å². The molecule has 1 aromatic carbocycles. The van der Waals surface area contributed by atoms with E-state index in [9.17, 15) is 4.79 Å². The Morgan fingerprint density at radius 1 is 1.42 bits per heavy atom. The second kappa shape index (κ2) is 8.07. The summed E-state index contributed by atoms with van der Waals surface area (Å²) < 4.78 is 11.8. The first kappa shape index (κ1) is 17.4. The highest BCUT2D eigenvalue weighted by atomic mass is 32.2. The van der Waals surface area contributed by atoms with E-state index in [0.29, 0.717) is 22.3 Å². The number of ether oxygens (including phenoxy) is 2. The first-order valence-corrected chi connectivity index (χ1v) is 7.78. The maximum atomic E-state index is 12.3. The smallest absolute Gasteiger partial charge is 0.244 e. The molecule has 126 valence electrons. The SMILES string of the molecule is COc1ccc(NC(=O)Cn2c(N)nnc2SCC#N)c(OC)c1. The third-order valence-electron chi connectivity index (χ3n) is 3.00. The molecular formula is C14H16N6O3S. The van der Waals surface area contributed by atoms with Crippen LogP contribution < -0.4 is 20.5 Å². The Labute approximate surface area is 142 Å². The lowest BCUT2D eigenvalue weighted by Crippen LogP contribution is -2.20. The van der Waals surface area contributed by atoms with Gasteiger partial charge in [-0.2, -0.15) is 5.26 Å². The summed E-state index contributed by atoms with van der Waals surface area (Å²) in [6.07, 6.45) is 0. The van der Waals surface area contributed by atoms with Crippen LogP contribution in [0.15, 0.2) is 23.4 Å². The van der Waals surface area contributed by atoms with Crippen molar-refractivity contribution < 1.29 is 14.3 Å². The third kappa shape index (κ3) is 4.08. The summed E-state index contributed by atoms with van der Waals surface area (Å²) in [4.78, 5) is 12.3. The third-order valence-corrected chi connectivity index (χ3v) is 3.83. The topological polar surface area (TPSA) is 128 Å². The number of hydrogen-bond acceptors (Lipinski definition) is 8. The van der Waals surface area contributed by atoms with E-state index in [2.05, 4.69) is 15.5 Å². The van der Waals surface area contributed by atoms with Crippen molar-refractivity contribution in [2.24, 2.45) is 0 Å². The number of thioether (sulfide) groups is 1. The van der Waals surface area contributed by atoms with E-state index in [0.717, 1.165) is 11.8 Å². The van der Waals surface area contributed by atoms with Crippen molar-refractivity contribution in [3.05, 3.63) is 18.2 Å². The molecule has 0 aliphatic rings. The van der Waals surface area contributed by atoms with Crippen molar-refractivity contribution in [2.75, 3.05) is 31.0 Å². The lowest BCUT2D eigenvalue weighted by atomic mass is 10.2. The molecule has 2 rings (SSSR count). The van der Waals surface area contributed by atoms with Gasteiger partial charge in [-0.05, 0) is 12.1 Å². The highest BCUT2D eigenvalue weighted by Crippen LogP contribution is 2.29. The molecular weight excluding hydrogens is 332 g/mol. The van der Waals surface area contributed by atoms with Gasteiger partial charge in [0, 0.05) is 6.07 Å². The number of nitrogens with zero attached hydrogens (tertiary/aromatic N) is 4. The number of anilines is 2. The lowest BCUT2D eigenvalue weighted by molar-refractivity contribution is -0.116. The number of nitrogen functional groups attached to an aromatic ring is 1. The minimum atomic E-state index is -0.330. The fourth-order valence-corrected chi connectivity index (χ4v) is 2.49. The number of nitrogens with one attached hydrogen (secondary N) is 1. The van der Waals surface area contributed by atoms with Crippen LogP contribution in [0.2, 0.25) is 0 Å². The number of benzene rings is 1. The average molecular weight is 348 g/mol. The number of carbonyl (C=O) groups excluding carboxylic acids is 1. The van der Waals surface area contributed by atoms with Gasteiger partial charge < -0.3 is 20.5 Å². The van der Waals surface area contributed by atoms with E-state index in [1.54, 1.807) is 25.3 Å². The van der Waals surface area contributed by atoms with E-state index in [4.69, 9.17) is 20.5 Å². The molecule has 0 atom stereocenters. The number of methoxy groups -OCH3 is 2. The summed E-state index contributed by atoms with van der Waals surface area (Å²) in [5.41, 5.74) is 6.22. The molecule has 0 radical (unpaired) electrons. The van der Waals surface area contributed by atoms with Crippen molar-refractivity contribution in [1.29, 1.82) is 5.26 Å². The van der Waals surface area contributed by atoms with Gasteiger partial charge in [-0.3, -0.25) is 9.36 Å². The van der Waals surface area contributed by atoms with Gasteiger partial charge in [-0.15, -0.1) is 10.2 Å². The van der Waals surface area contributed by atoms with Crippen molar-refractivity contribution in [1.82, 2.24) is 14.8 Å². The number of hydrogen-bond donors (Lipinski definition) is 2. The van der Waals surface area contributed by atoms with Gasteiger partial charge in [0.25, 0.3) is 0 Å². The minimum Gasteiger partial charge on any atom is -0.497 e. The predicted molar refractivity (Wildman–Crippen MR) is 88.9 cm³/mol. The Morgan fingerprint density at radius 3 is 2.88 bits per heavy atom. The number of nitrogens with two attached hydrogens (primary N) is 1. The number of rotatable bonds is 7. The van der Waals surface area contributed by atoms with Crippen molar-refractivity contribution in [3.8, 4) is 17.6 Å². The van der Waals surface area contributed by atoms with Gasteiger partial charge in [0.15, 0.2) is 5.16 Å². The van der Waals surface area contributed by atoms with Crippen molar-refractivity contribution in [3.63, 3.8) is 0 Å². The zero-order valence-corrected chi connectivity index (χ0v) is 14.0. The molecule has 0 saturated heterocycles. The summed E-state index contributed by atoms with van der Waals surface area (Å²) in [7, 11) is 3.04. The van der Waals surface area contributed by atoms with E-state index < -0.39 is 0 Å². The number of amides is 1. The molecule has 1 amide bonds. The Balaban J connectivity index is 2.12. The monoisotopic (exact) mass is 348 g/mol. The molecule has 1 heterocycles. The second-order valence-electron chi connectivity index (χ2n) is 4.49. The summed E-state index contributed by atoms with van der Waals surface area (Å²) in [5, 5.41) is 19.4. The van der Waals surface area contributed by atoms with Gasteiger partial charge >= 0.3 is 0 Å². The maximum absolute atomic E-state index is 12.3. The van der Waals surface area contributed by atoms with Gasteiger partial charge in [-0.1, -0.05) is 11.8 Å². The quantitative estimate of drug-likeness (QED) is 0.713. The average Bonchev–Trinajstić information content (AvgIpc) is 2.93. The van der Waals surface area contributed by atoms with Crippen molar-refractivity contribution >= 4 is 29.3 Å². The fourth-order valence-electron chi connectivity index (χ4n) is 1.89. The molecule has 3 N–H and O–H groups in total. The maximum Gasteiger partial charge on any atom is 0.244 e. The van der Waals surface area contributed by atoms with E-state index in [1.807, 2.05) is 6.07 Å². The number of nitriles is 1. The van der Waals surface area contributed by atoms with Crippen LogP contribution in [0.5, 0.6) is 11.5 Å². The van der Waals surface area contributed by atoms with Gasteiger partial charge in [0.05, 0.1) is 31.7 Å². The summed E-state index contributed by atoms with van der Waals surface area (Å²) >= 11 is 1.16. The van der Waals surface area contributed by atoms with Gasteiger partial charge in [0.1, 0.15) is 18.0 Å². The highest BCUT2D eigenvalue weighted by molar-refractivity contribution is 7.99. The zero-order chi connectivity index (χ0) is 17.5. The normalized spacial score (nSPS) is 10.0. The van der Waals surface area contributed by atoms with E-state index in [-0.39, 0.29) is 24.2 Å². The molecule has 0 fully saturated rings. The van der Waals surface area contributed by atoms with Crippen LogP contribution in [0.4, 0.5) is 11.6 Å². The largest absolute Gasteiger partial charge is 0.497 e. The zero-order valence-electron chi connectivity index (χ0n) is 13.1. The Morgan fingerprint density at radius 2 is 2.21 bits per heavy atom. The molecule has 10 heteroatoms. The van der Waals surface area contributed by atoms with E-state index in [1.165, 1.54) is 11.7 Å². The first-order valence-electron chi connectivity index (χ1n) is 6.79. The number of aromatic nitrogens is 3. The molecule has 2 aromatic rings. The van der Waals surface area contributed by atoms with Crippen LogP contribution >= 0.6 is 11.8 Å². The number of carbonyl (C=O) groups is 1. The molecule has 0 unspecified atom stereocenters. The molecule has 0 aliphatic heterocycles. The molecule has 0 bridgehead atoms. The Kier molecular flexibility index (Phi) is 5.86. The lowest BCUT2D eigenvalue weighted by Gasteiger charge is -2.12. The standard InChI is InChI=1S/C14H16N6O3S/c1-22-9-3-4-10(11(7-9)23-2)17-12(21)8-20-13(16)18-19-14(20)24-6-5-15/h3-4,7H,6,8H2,1-2H3,(H2,16,18)(H,17,21). The highest BCUT2D eigenvalue weighted by Gasteiger charge is 2.15. The Bertz CT molecular complexity index is 770. The molecule has 9 nitrogen and oxygen atoms in total. The second-order valence-corrected chi connectivity index (χ2v) is 5.43. The van der Waals surface area contributed by atoms with Crippen LogP contribution in [0.1, 0.15) is 0 Å². The summed E-state index contributed by atoms with van der Waals surface area (Å²) in [6.45, 7) is -0.0816. The summed E-state index contributed by atoms with van der Waals surface area (Å²) in [5.74, 6) is 1.05. The molecule has 0 spiro atoms. The minimum absolute atomic E-state index is 0.0816. The predicted octanol–water partition coefficient (Wildman–Crippen LogP) is 1.13. The van der Waals surface area contributed by atoms with Crippen molar-refractivity contribution in [2.45, 2.75) is 11.7 Å². The summed E-state index contributed by atoms with van der Waals surface area (Å²) in [6, 6.07) is 7.03. The van der Waals surface area contributed by atoms with E-state index >= 15 is 0 Å². The molecule has 1 aromatic heterocycles. The van der Waals surface area contributed by atoms with Crippen LogP contribution in [-0.2, 0) is 11.3 Å². The van der Waals surface area contributed by atoms with Crippen LogP contribution in [-0.4, -0.2) is 40.6 Å². The first-order chi connectivity index (χ1) is 11.6. The van der Waals surface area contributed by atoms with Crippen LogP contribution in [0.25, 0.3) is 0 Å².